The van der Waals surface area contributed by atoms with E-state index in [1.165, 1.54) is 32.1 Å². The molecule has 16 heavy (non-hydrogen) atoms. The number of hydrogen-bond donors (Lipinski definition) is 2. The van der Waals surface area contributed by atoms with Crippen molar-refractivity contribution in [3.05, 3.63) is 0 Å². The molecule has 0 bridgehead atoms. The molecule has 2 atom stereocenters. The molecule has 1 aliphatic carbocycles. The van der Waals surface area contributed by atoms with Crippen molar-refractivity contribution < 1.29 is 10.2 Å². The van der Waals surface area contributed by atoms with Crippen molar-refractivity contribution in [3.63, 3.8) is 0 Å². The second kappa shape index (κ2) is 5.99. The van der Waals surface area contributed by atoms with Gasteiger partial charge < -0.3 is 10.2 Å². The molecular weight excluding hydrogens is 202 g/mol. The van der Waals surface area contributed by atoms with Crippen LogP contribution in [-0.2, 0) is 0 Å². The van der Waals surface area contributed by atoms with Crippen molar-refractivity contribution in [2.45, 2.75) is 57.1 Å². The van der Waals surface area contributed by atoms with Gasteiger partial charge in [0.2, 0.25) is 0 Å². The minimum Gasteiger partial charge on any atom is -0.395 e. The first kappa shape index (κ1) is 12.3. The number of hydrogen-bond acceptors (Lipinski definition) is 3. The van der Waals surface area contributed by atoms with Gasteiger partial charge in [-0.2, -0.15) is 0 Å². The van der Waals surface area contributed by atoms with Crippen LogP contribution in [0.5, 0.6) is 0 Å². The Bertz CT molecular complexity index is 204. The molecule has 0 radical (unpaired) electrons. The predicted molar refractivity (Wildman–Crippen MR) is 64.3 cm³/mol. The fourth-order valence-corrected chi connectivity index (χ4v) is 3.21. The van der Waals surface area contributed by atoms with Crippen LogP contribution in [0.15, 0.2) is 0 Å². The summed E-state index contributed by atoms with van der Waals surface area (Å²) in [6.45, 7) is 2.30. The summed E-state index contributed by atoms with van der Waals surface area (Å²) in [5, 5.41) is 19.0. The average Bonchev–Trinajstić information content (AvgIpc) is 2.33. The van der Waals surface area contributed by atoms with Crippen LogP contribution in [0.1, 0.15) is 44.9 Å². The van der Waals surface area contributed by atoms with Crippen LogP contribution in [-0.4, -0.2) is 47.0 Å². The highest BCUT2D eigenvalue weighted by atomic mass is 16.3. The molecular formula is C13H25NO2. The van der Waals surface area contributed by atoms with E-state index in [1.807, 2.05) is 0 Å². The molecule has 2 aliphatic rings. The van der Waals surface area contributed by atoms with Crippen LogP contribution >= 0.6 is 0 Å². The first-order chi connectivity index (χ1) is 7.79. The number of rotatable bonds is 3. The molecule has 2 N–H and O–H groups in total. The van der Waals surface area contributed by atoms with Crippen LogP contribution in [0.25, 0.3) is 0 Å². The van der Waals surface area contributed by atoms with Crippen molar-refractivity contribution in [1.82, 2.24) is 4.90 Å². The minimum absolute atomic E-state index is 0.195. The lowest BCUT2D eigenvalue weighted by molar-refractivity contribution is 0.00682. The Hall–Kier alpha value is -0.120. The Morgan fingerprint density at radius 1 is 1.06 bits per heavy atom. The van der Waals surface area contributed by atoms with Gasteiger partial charge in [-0.1, -0.05) is 19.3 Å². The third-order valence-electron chi connectivity index (χ3n) is 4.24. The molecule has 1 heterocycles. The van der Waals surface area contributed by atoms with E-state index in [2.05, 4.69) is 4.90 Å². The van der Waals surface area contributed by atoms with Gasteiger partial charge in [0.05, 0.1) is 12.7 Å². The van der Waals surface area contributed by atoms with Gasteiger partial charge in [-0.05, 0) is 31.6 Å². The Morgan fingerprint density at radius 3 is 2.50 bits per heavy atom. The van der Waals surface area contributed by atoms with Gasteiger partial charge in [-0.3, -0.25) is 4.90 Å². The number of nitrogens with zero attached hydrogens (tertiary/aromatic N) is 1. The zero-order valence-corrected chi connectivity index (χ0v) is 10.1. The number of piperidine rings is 1. The highest BCUT2D eigenvalue weighted by molar-refractivity contribution is 4.83. The van der Waals surface area contributed by atoms with E-state index < -0.39 is 0 Å². The van der Waals surface area contributed by atoms with Crippen molar-refractivity contribution in [3.8, 4) is 0 Å². The van der Waals surface area contributed by atoms with Gasteiger partial charge in [-0.15, -0.1) is 0 Å². The predicted octanol–water partition coefficient (Wildman–Crippen LogP) is 1.38. The molecule has 0 aromatic carbocycles. The fraction of sp³-hybridized carbons (Fsp3) is 1.00. The third kappa shape index (κ3) is 3.19. The third-order valence-corrected chi connectivity index (χ3v) is 4.24. The summed E-state index contributed by atoms with van der Waals surface area (Å²) >= 11 is 0. The lowest BCUT2D eigenvalue weighted by Crippen LogP contribution is -2.48. The Balaban J connectivity index is 1.82. The maximum Gasteiger partial charge on any atom is 0.0587 e. The van der Waals surface area contributed by atoms with E-state index in [0.29, 0.717) is 0 Å². The highest BCUT2D eigenvalue weighted by Crippen LogP contribution is 2.27. The standard InChI is InChI=1S/C13H25NO2/c15-10-12-8-13(16)6-7-14(12)9-11-4-2-1-3-5-11/h11-13,15-16H,1-10H2. The molecule has 0 amide bonds. The van der Waals surface area contributed by atoms with Crippen molar-refractivity contribution >= 4 is 0 Å². The van der Waals surface area contributed by atoms with Gasteiger partial charge in [-0.25, -0.2) is 0 Å². The largest absolute Gasteiger partial charge is 0.395 e. The molecule has 94 valence electrons. The van der Waals surface area contributed by atoms with E-state index >= 15 is 0 Å². The zero-order chi connectivity index (χ0) is 11.4. The van der Waals surface area contributed by atoms with Gasteiger partial charge in [0, 0.05) is 19.1 Å². The van der Waals surface area contributed by atoms with Gasteiger partial charge in [0.15, 0.2) is 0 Å². The molecule has 2 rings (SSSR count). The van der Waals surface area contributed by atoms with Crippen LogP contribution in [0.2, 0.25) is 0 Å². The Kier molecular flexibility index (Phi) is 4.62. The lowest BCUT2D eigenvalue weighted by atomic mass is 9.87. The highest BCUT2D eigenvalue weighted by Gasteiger charge is 2.28. The molecule has 3 heteroatoms. The maximum atomic E-state index is 9.60. The minimum atomic E-state index is -0.195. The van der Waals surface area contributed by atoms with E-state index in [4.69, 9.17) is 0 Å². The fourth-order valence-electron chi connectivity index (χ4n) is 3.21. The summed E-state index contributed by atoms with van der Waals surface area (Å²) in [5.41, 5.74) is 0. The Morgan fingerprint density at radius 2 is 1.81 bits per heavy atom. The summed E-state index contributed by atoms with van der Waals surface area (Å²) in [4.78, 5) is 2.41. The molecule has 0 spiro atoms. The van der Waals surface area contributed by atoms with E-state index in [1.54, 1.807) is 0 Å². The van der Waals surface area contributed by atoms with Crippen LogP contribution in [0.3, 0.4) is 0 Å². The number of aliphatic hydroxyl groups excluding tert-OH is 2. The first-order valence-electron chi connectivity index (χ1n) is 6.82. The Labute approximate surface area is 98.5 Å². The van der Waals surface area contributed by atoms with E-state index in [9.17, 15) is 10.2 Å². The topological polar surface area (TPSA) is 43.7 Å². The van der Waals surface area contributed by atoms with Gasteiger partial charge in [0.25, 0.3) is 0 Å². The van der Waals surface area contributed by atoms with E-state index in [-0.39, 0.29) is 18.8 Å². The average molecular weight is 227 g/mol. The molecule has 1 saturated heterocycles. The lowest BCUT2D eigenvalue weighted by Gasteiger charge is -2.39. The van der Waals surface area contributed by atoms with Crippen molar-refractivity contribution in [1.29, 1.82) is 0 Å². The summed E-state index contributed by atoms with van der Waals surface area (Å²) in [6.07, 6.45) is 8.31. The zero-order valence-electron chi connectivity index (χ0n) is 10.1. The maximum absolute atomic E-state index is 9.60. The second-order valence-electron chi connectivity index (χ2n) is 5.51. The van der Waals surface area contributed by atoms with Crippen LogP contribution in [0, 0.1) is 5.92 Å². The molecule has 0 aromatic rings. The molecule has 1 saturated carbocycles. The quantitative estimate of drug-likeness (QED) is 0.765. The van der Waals surface area contributed by atoms with Crippen LogP contribution in [0.4, 0.5) is 0 Å². The normalized spacial score (nSPS) is 34.1. The van der Waals surface area contributed by atoms with Gasteiger partial charge in [0.1, 0.15) is 0 Å². The number of likely N-dealkylation sites (tertiary alicyclic amines) is 1. The molecule has 3 nitrogen and oxygen atoms in total. The monoisotopic (exact) mass is 227 g/mol. The smallest absolute Gasteiger partial charge is 0.0587 e. The summed E-state index contributed by atoms with van der Waals surface area (Å²) in [7, 11) is 0. The first-order valence-corrected chi connectivity index (χ1v) is 6.82. The second-order valence-corrected chi connectivity index (χ2v) is 5.51. The van der Waals surface area contributed by atoms with Crippen molar-refractivity contribution in [2.24, 2.45) is 5.92 Å². The van der Waals surface area contributed by atoms with Crippen molar-refractivity contribution in [2.75, 3.05) is 19.7 Å². The van der Waals surface area contributed by atoms with Gasteiger partial charge >= 0.3 is 0 Å². The summed E-state index contributed by atoms with van der Waals surface area (Å²) < 4.78 is 0. The molecule has 2 fully saturated rings. The summed E-state index contributed by atoms with van der Waals surface area (Å²) in [5.74, 6) is 0.832. The van der Waals surface area contributed by atoms with E-state index in [0.717, 1.165) is 31.8 Å². The molecule has 0 aromatic heterocycles. The SMILES string of the molecule is OCC1CC(O)CCN1CC1CCCCC1. The van der Waals surface area contributed by atoms with Crippen LogP contribution < -0.4 is 0 Å². The summed E-state index contributed by atoms with van der Waals surface area (Å²) in [6, 6.07) is 0.200. The molecule has 2 unspecified atom stereocenters. The molecule has 1 aliphatic heterocycles. The number of aliphatic hydroxyl groups is 2.